The van der Waals surface area contributed by atoms with E-state index in [4.69, 9.17) is 16.7 Å². The third-order valence-electron chi connectivity index (χ3n) is 1.70. The van der Waals surface area contributed by atoms with E-state index in [1.54, 1.807) is 0 Å². The second-order valence-electron chi connectivity index (χ2n) is 2.82. The van der Waals surface area contributed by atoms with Crippen LogP contribution >= 0.6 is 11.6 Å². The van der Waals surface area contributed by atoms with E-state index in [0.29, 0.717) is 0 Å². The van der Waals surface area contributed by atoms with Gasteiger partial charge in [0, 0.05) is 10.6 Å². The smallest absolute Gasteiger partial charge is 0.209 e. The molecule has 3 nitrogen and oxygen atoms in total. The van der Waals surface area contributed by atoms with Gasteiger partial charge >= 0.3 is 0 Å². The third-order valence-corrected chi connectivity index (χ3v) is 2.83. The molecule has 0 aromatic heterocycles. The van der Waals surface area contributed by atoms with Gasteiger partial charge in [-0.25, -0.2) is 17.9 Å². The molecule has 0 amide bonds. The zero-order chi connectivity index (χ0) is 10.8. The lowest BCUT2D eigenvalue weighted by atomic mass is 10.1. The summed E-state index contributed by atoms with van der Waals surface area (Å²) in [5, 5.41) is 5.01. The normalized spacial score (nSPS) is 11.6. The standard InChI is InChI=1S/C8H9ClFNO2S/c9-7-2-1-3-8(10)6(7)4-5-14(11,12)13/h1-3H,4-5H2,(H2,11,12,13). The monoisotopic (exact) mass is 237 g/mol. The van der Waals surface area contributed by atoms with Crippen LogP contribution < -0.4 is 5.14 Å². The Morgan fingerprint density at radius 2 is 2.07 bits per heavy atom. The molecule has 6 heteroatoms. The minimum atomic E-state index is -3.58. The maximum Gasteiger partial charge on any atom is 0.209 e. The SMILES string of the molecule is NS(=O)(=O)CCc1c(F)cccc1Cl. The minimum absolute atomic E-state index is 0.00958. The van der Waals surface area contributed by atoms with Crippen LogP contribution in [0.15, 0.2) is 18.2 Å². The fourth-order valence-electron chi connectivity index (χ4n) is 1.02. The molecular formula is C8H9ClFNO2S. The second-order valence-corrected chi connectivity index (χ2v) is 4.96. The Labute approximate surface area is 86.7 Å². The predicted octanol–water partition coefficient (Wildman–Crippen LogP) is 1.31. The van der Waals surface area contributed by atoms with E-state index in [9.17, 15) is 12.8 Å². The van der Waals surface area contributed by atoms with Crippen LogP contribution in [0.2, 0.25) is 5.02 Å². The van der Waals surface area contributed by atoms with E-state index in [0.717, 1.165) is 0 Å². The van der Waals surface area contributed by atoms with Crippen molar-refractivity contribution < 1.29 is 12.8 Å². The van der Waals surface area contributed by atoms with Gasteiger partial charge in [0.2, 0.25) is 10.0 Å². The molecule has 0 aliphatic carbocycles. The van der Waals surface area contributed by atoms with Crippen molar-refractivity contribution in [2.75, 3.05) is 5.75 Å². The Hall–Kier alpha value is -0.650. The number of halogens is 2. The lowest BCUT2D eigenvalue weighted by Crippen LogP contribution is -2.18. The topological polar surface area (TPSA) is 60.2 Å². The molecule has 0 unspecified atom stereocenters. The highest BCUT2D eigenvalue weighted by molar-refractivity contribution is 7.89. The van der Waals surface area contributed by atoms with Crippen molar-refractivity contribution in [1.29, 1.82) is 0 Å². The average Bonchev–Trinajstić information content (AvgIpc) is 2.01. The van der Waals surface area contributed by atoms with Crippen molar-refractivity contribution in [2.24, 2.45) is 5.14 Å². The zero-order valence-electron chi connectivity index (χ0n) is 7.20. The van der Waals surface area contributed by atoms with Crippen LogP contribution in [0.5, 0.6) is 0 Å². The summed E-state index contributed by atoms with van der Waals surface area (Å²) in [6, 6.07) is 4.19. The molecule has 0 aliphatic heterocycles. The van der Waals surface area contributed by atoms with E-state index in [1.165, 1.54) is 18.2 Å². The number of hydrogen-bond donors (Lipinski definition) is 1. The molecule has 0 bridgehead atoms. The zero-order valence-corrected chi connectivity index (χ0v) is 8.78. The van der Waals surface area contributed by atoms with Gasteiger partial charge in [0.25, 0.3) is 0 Å². The summed E-state index contributed by atoms with van der Waals surface area (Å²) in [5.74, 6) is -0.825. The first-order valence-corrected chi connectivity index (χ1v) is 5.93. The maximum atomic E-state index is 13.1. The maximum absolute atomic E-state index is 13.1. The van der Waals surface area contributed by atoms with Crippen molar-refractivity contribution in [2.45, 2.75) is 6.42 Å². The summed E-state index contributed by atoms with van der Waals surface area (Å²) in [6.45, 7) is 0. The Kier molecular flexibility index (Phi) is 3.47. The van der Waals surface area contributed by atoms with E-state index >= 15 is 0 Å². The number of hydrogen-bond acceptors (Lipinski definition) is 2. The van der Waals surface area contributed by atoms with Gasteiger partial charge in [-0.15, -0.1) is 0 Å². The largest absolute Gasteiger partial charge is 0.229 e. The Morgan fingerprint density at radius 3 is 2.57 bits per heavy atom. The van der Waals surface area contributed by atoms with Gasteiger partial charge in [-0.1, -0.05) is 17.7 Å². The van der Waals surface area contributed by atoms with Gasteiger partial charge in [-0.2, -0.15) is 0 Å². The van der Waals surface area contributed by atoms with Crippen LogP contribution in [0.1, 0.15) is 5.56 Å². The molecular weight excluding hydrogens is 229 g/mol. The summed E-state index contributed by atoms with van der Waals surface area (Å²) < 4.78 is 34.4. The van der Waals surface area contributed by atoms with E-state index in [2.05, 4.69) is 0 Å². The molecule has 0 saturated carbocycles. The highest BCUT2D eigenvalue weighted by Gasteiger charge is 2.10. The summed E-state index contributed by atoms with van der Waals surface area (Å²) in [5.41, 5.74) is 0.184. The van der Waals surface area contributed by atoms with Crippen molar-refractivity contribution in [3.8, 4) is 0 Å². The van der Waals surface area contributed by atoms with Crippen molar-refractivity contribution in [3.63, 3.8) is 0 Å². The molecule has 1 aromatic rings. The molecule has 78 valence electrons. The van der Waals surface area contributed by atoms with Crippen LogP contribution in [0, 0.1) is 5.82 Å². The first-order chi connectivity index (χ1) is 6.40. The lowest BCUT2D eigenvalue weighted by Gasteiger charge is -2.04. The van der Waals surface area contributed by atoms with Crippen molar-refractivity contribution in [3.05, 3.63) is 34.6 Å². The number of sulfonamides is 1. The number of benzene rings is 1. The van der Waals surface area contributed by atoms with Crippen molar-refractivity contribution >= 4 is 21.6 Å². The summed E-state index contributed by atoms with van der Waals surface area (Å²) in [4.78, 5) is 0. The predicted molar refractivity (Wildman–Crippen MR) is 53.1 cm³/mol. The molecule has 0 aliphatic rings. The second kappa shape index (κ2) is 4.25. The molecule has 14 heavy (non-hydrogen) atoms. The van der Waals surface area contributed by atoms with Gasteiger partial charge in [-0.3, -0.25) is 0 Å². The van der Waals surface area contributed by atoms with Gasteiger partial charge in [0.05, 0.1) is 5.75 Å². The van der Waals surface area contributed by atoms with E-state index in [1.807, 2.05) is 0 Å². The number of rotatable bonds is 3. The lowest BCUT2D eigenvalue weighted by molar-refractivity contribution is 0.593. The fourth-order valence-corrected chi connectivity index (χ4v) is 1.76. The molecule has 0 saturated heterocycles. The summed E-state index contributed by atoms with van der Waals surface area (Å²) >= 11 is 5.68. The highest BCUT2D eigenvalue weighted by atomic mass is 35.5. The first-order valence-electron chi connectivity index (χ1n) is 3.83. The quantitative estimate of drug-likeness (QED) is 0.862. The molecule has 1 aromatic carbocycles. The number of primary sulfonamides is 1. The summed E-state index contributed by atoms with van der Waals surface area (Å²) in [6.07, 6.45) is -0.00958. The van der Waals surface area contributed by atoms with Gasteiger partial charge in [0.1, 0.15) is 5.82 Å². The minimum Gasteiger partial charge on any atom is -0.229 e. The van der Waals surface area contributed by atoms with Crippen LogP contribution in [-0.2, 0) is 16.4 Å². The molecule has 0 fully saturated rings. The van der Waals surface area contributed by atoms with Gasteiger partial charge in [0.15, 0.2) is 0 Å². The van der Waals surface area contributed by atoms with Crippen LogP contribution in [-0.4, -0.2) is 14.2 Å². The average molecular weight is 238 g/mol. The molecule has 0 radical (unpaired) electrons. The Morgan fingerprint density at radius 1 is 1.43 bits per heavy atom. The van der Waals surface area contributed by atoms with E-state index in [-0.39, 0.29) is 22.8 Å². The molecule has 0 atom stereocenters. The number of nitrogens with two attached hydrogens (primary N) is 1. The van der Waals surface area contributed by atoms with Gasteiger partial charge in [-0.05, 0) is 18.6 Å². The molecule has 0 spiro atoms. The van der Waals surface area contributed by atoms with Crippen LogP contribution in [0.3, 0.4) is 0 Å². The Balaban J connectivity index is 2.87. The van der Waals surface area contributed by atoms with Crippen molar-refractivity contribution in [1.82, 2.24) is 0 Å². The first kappa shape index (κ1) is 11.4. The molecule has 2 N–H and O–H groups in total. The Bertz CT molecular complexity index is 413. The molecule has 1 rings (SSSR count). The fraction of sp³-hybridized carbons (Fsp3) is 0.250. The molecule has 0 heterocycles. The highest BCUT2D eigenvalue weighted by Crippen LogP contribution is 2.19. The summed E-state index contributed by atoms with van der Waals surface area (Å²) in [7, 11) is -3.58. The van der Waals surface area contributed by atoms with Crippen LogP contribution in [0.4, 0.5) is 4.39 Å². The third kappa shape index (κ3) is 3.25. The van der Waals surface area contributed by atoms with Gasteiger partial charge < -0.3 is 0 Å². The van der Waals surface area contributed by atoms with E-state index < -0.39 is 15.8 Å². The van der Waals surface area contributed by atoms with Crippen LogP contribution in [0.25, 0.3) is 0 Å².